The van der Waals surface area contributed by atoms with Crippen molar-refractivity contribution < 1.29 is 19.1 Å². The molecule has 0 bridgehead atoms. The third kappa shape index (κ3) is 4.58. The Hall–Kier alpha value is -1.82. The zero-order valence-electron chi connectivity index (χ0n) is 9.54. The number of rotatable bonds is 4. The minimum atomic E-state index is -1.03. The quantitative estimate of drug-likeness (QED) is 0.789. The van der Waals surface area contributed by atoms with E-state index in [1.54, 1.807) is 0 Å². The summed E-state index contributed by atoms with van der Waals surface area (Å²) in [7, 11) is 0. The van der Waals surface area contributed by atoms with Crippen LogP contribution in [0, 0.1) is 5.82 Å². The maximum absolute atomic E-state index is 13.3. The van der Waals surface area contributed by atoms with Gasteiger partial charge in [0, 0.05) is 11.1 Å². The molecule has 0 saturated heterocycles. The van der Waals surface area contributed by atoms with Crippen LogP contribution in [0.1, 0.15) is 13.3 Å². The highest BCUT2D eigenvalue weighted by atomic mass is 35.5. The van der Waals surface area contributed by atoms with Crippen molar-refractivity contribution in [2.45, 2.75) is 19.4 Å². The van der Waals surface area contributed by atoms with Gasteiger partial charge in [-0.15, -0.1) is 0 Å². The van der Waals surface area contributed by atoms with Crippen LogP contribution in [0.5, 0.6) is 0 Å². The largest absolute Gasteiger partial charge is 0.481 e. The van der Waals surface area contributed by atoms with Gasteiger partial charge in [-0.05, 0) is 25.1 Å². The van der Waals surface area contributed by atoms with E-state index in [9.17, 15) is 14.0 Å². The molecule has 0 aromatic heterocycles. The van der Waals surface area contributed by atoms with E-state index in [-0.39, 0.29) is 17.1 Å². The second kappa shape index (κ2) is 6.20. The topological polar surface area (TPSA) is 78.4 Å². The molecular formula is C11H12ClFN2O3. The van der Waals surface area contributed by atoms with Crippen molar-refractivity contribution in [2.24, 2.45) is 0 Å². The molecule has 98 valence electrons. The first-order valence-corrected chi connectivity index (χ1v) is 5.50. The van der Waals surface area contributed by atoms with Gasteiger partial charge in [0.05, 0.1) is 12.1 Å². The number of carboxylic acid groups (broad SMARTS) is 1. The Labute approximate surface area is 108 Å². The third-order valence-electron chi connectivity index (χ3n) is 2.04. The Morgan fingerprint density at radius 2 is 2.17 bits per heavy atom. The van der Waals surface area contributed by atoms with Gasteiger partial charge < -0.3 is 15.7 Å². The molecule has 0 aliphatic heterocycles. The van der Waals surface area contributed by atoms with Crippen LogP contribution in [-0.2, 0) is 4.79 Å². The van der Waals surface area contributed by atoms with Crippen molar-refractivity contribution in [1.82, 2.24) is 5.32 Å². The normalized spacial score (nSPS) is 11.7. The van der Waals surface area contributed by atoms with Crippen LogP contribution in [-0.4, -0.2) is 23.1 Å². The lowest BCUT2D eigenvalue weighted by Crippen LogP contribution is -2.37. The molecule has 1 atom stereocenters. The van der Waals surface area contributed by atoms with Gasteiger partial charge in [0.15, 0.2) is 0 Å². The number of hydrogen-bond donors (Lipinski definition) is 3. The first kappa shape index (κ1) is 14.2. The molecule has 0 heterocycles. The average Bonchev–Trinajstić information content (AvgIpc) is 2.20. The van der Waals surface area contributed by atoms with Crippen molar-refractivity contribution in [1.29, 1.82) is 0 Å². The fraction of sp³-hybridized carbons (Fsp3) is 0.273. The van der Waals surface area contributed by atoms with Gasteiger partial charge in [-0.25, -0.2) is 9.18 Å². The summed E-state index contributed by atoms with van der Waals surface area (Å²) < 4.78 is 13.3. The smallest absolute Gasteiger partial charge is 0.319 e. The van der Waals surface area contributed by atoms with Gasteiger partial charge in [-0.2, -0.15) is 0 Å². The van der Waals surface area contributed by atoms with Crippen molar-refractivity contribution in [3.05, 3.63) is 29.0 Å². The number of aliphatic carboxylic acids is 1. The molecule has 5 nitrogen and oxygen atoms in total. The zero-order chi connectivity index (χ0) is 13.7. The molecule has 0 saturated carbocycles. The first-order valence-electron chi connectivity index (χ1n) is 5.13. The number of carboxylic acids is 1. The van der Waals surface area contributed by atoms with E-state index in [0.29, 0.717) is 0 Å². The SMILES string of the molecule is CC(CC(=O)O)NC(=O)Nc1ccc(Cl)cc1F. The molecule has 0 aliphatic carbocycles. The van der Waals surface area contributed by atoms with Gasteiger partial charge in [0.25, 0.3) is 0 Å². The van der Waals surface area contributed by atoms with E-state index in [1.165, 1.54) is 19.1 Å². The molecule has 18 heavy (non-hydrogen) atoms. The van der Waals surface area contributed by atoms with E-state index >= 15 is 0 Å². The highest BCUT2D eigenvalue weighted by Crippen LogP contribution is 2.18. The highest BCUT2D eigenvalue weighted by molar-refractivity contribution is 6.30. The molecule has 1 rings (SSSR count). The average molecular weight is 275 g/mol. The lowest BCUT2D eigenvalue weighted by atomic mass is 10.2. The highest BCUT2D eigenvalue weighted by Gasteiger charge is 2.12. The number of anilines is 1. The van der Waals surface area contributed by atoms with E-state index in [4.69, 9.17) is 16.7 Å². The van der Waals surface area contributed by atoms with Gasteiger partial charge in [0.2, 0.25) is 0 Å². The number of carbonyl (C=O) groups is 2. The number of carbonyl (C=O) groups excluding carboxylic acids is 1. The van der Waals surface area contributed by atoms with Crippen LogP contribution in [0.15, 0.2) is 18.2 Å². The summed E-state index contributed by atoms with van der Waals surface area (Å²) in [5.74, 6) is -1.69. The third-order valence-corrected chi connectivity index (χ3v) is 2.27. The van der Waals surface area contributed by atoms with Crippen LogP contribution in [0.25, 0.3) is 0 Å². The lowest BCUT2D eigenvalue weighted by Gasteiger charge is -2.13. The monoisotopic (exact) mass is 274 g/mol. The number of hydrogen-bond acceptors (Lipinski definition) is 2. The van der Waals surface area contributed by atoms with Gasteiger partial charge in [-0.3, -0.25) is 4.79 Å². The summed E-state index contributed by atoms with van der Waals surface area (Å²) in [5.41, 5.74) is -0.0283. The van der Waals surface area contributed by atoms with Crippen LogP contribution in [0.2, 0.25) is 5.02 Å². The minimum absolute atomic E-state index is 0.0283. The predicted octanol–water partition coefficient (Wildman–Crippen LogP) is 2.46. The summed E-state index contributed by atoms with van der Waals surface area (Å²) in [6.07, 6.45) is -0.212. The zero-order valence-corrected chi connectivity index (χ0v) is 10.3. The molecule has 1 aromatic rings. The molecule has 1 unspecified atom stereocenters. The van der Waals surface area contributed by atoms with Crippen LogP contribution in [0.3, 0.4) is 0 Å². The molecule has 2 amide bonds. The molecule has 1 aromatic carbocycles. The minimum Gasteiger partial charge on any atom is -0.481 e. The summed E-state index contributed by atoms with van der Waals surface area (Å²) in [4.78, 5) is 21.8. The molecule has 7 heteroatoms. The second-order valence-electron chi connectivity index (χ2n) is 3.72. The molecule has 3 N–H and O–H groups in total. The van der Waals surface area contributed by atoms with E-state index in [1.807, 2.05) is 0 Å². The first-order chi connectivity index (χ1) is 8.38. The molecule has 0 aliphatic rings. The number of amides is 2. The van der Waals surface area contributed by atoms with Crippen molar-refractivity contribution in [3.8, 4) is 0 Å². The van der Waals surface area contributed by atoms with Crippen molar-refractivity contribution >= 4 is 29.3 Å². The summed E-state index contributed by atoms with van der Waals surface area (Å²) in [6, 6.07) is 2.58. The van der Waals surface area contributed by atoms with E-state index < -0.39 is 23.9 Å². The molecule has 0 radical (unpaired) electrons. The Morgan fingerprint density at radius 1 is 1.50 bits per heavy atom. The molecular weight excluding hydrogens is 263 g/mol. The number of benzene rings is 1. The maximum Gasteiger partial charge on any atom is 0.319 e. The van der Waals surface area contributed by atoms with Gasteiger partial charge in [-0.1, -0.05) is 11.6 Å². The Balaban J connectivity index is 2.56. The number of nitrogens with one attached hydrogen (secondary N) is 2. The fourth-order valence-electron chi connectivity index (χ4n) is 1.29. The van der Waals surface area contributed by atoms with Crippen LogP contribution in [0.4, 0.5) is 14.9 Å². The summed E-state index contributed by atoms with van der Waals surface area (Å²) in [6.45, 7) is 1.53. The second-order valence-corrected chi connectivity index (χ2v) is 4.16. The Bertz CT molecular complexity index is 468. The van der Waals surface area contributed by atoms with Crippen molar-refractivity contribution in [2.75, 3.05) is 5.32 Å². The Morgan fingerprint density at radius 3 is 2.72 bits per heavy atom. The fourth-order valence-corrected chi connectivity index (χ4v) is 1.44. The summed E-state index contributed by atoms with van der Waals surface area (Å²) in [5, 5.41) is 13.4. The Kier molecular flexibility index (Phi) is 4.91. The maximum atomic E-state index is 13.3. The number of urea groups is 1. The predicted molar refractivity (Wildman–Crippen MR) is 65.3 cm³/mol. The van der Waals surface area contributed by atoms with E-state index in [2.05, 4.69) is 10.6 Å². The van der Waals surface area contributed by atoms with Gasteiger partial charge >= 0.3 is 12.0 Å². The van der Waals surface area contributed by atoms with Crippen LogP contribution < -0.4 is 10.6 Å². The standard InChI is InChI=1S/C11H12ClFN2O3/c1-6(4-10(16)17)14-11(18)15-9-3-2-7(12)5-8(9)13/h2-3,5-6H,4H2,1H3,(H,16,17)(H2,14,15,18). The van der Waals surface area contributed by atoms with Crippen LogP contribution >= 0.6 is 11.6 Å². The van der Waals surface area contributed by atoms with Gasteiger partial charge in [0.1, 0.15) is 5.82 Å². The van der Waals surface area contributed by atoms with Crippen molar-refractivity contribution in [3.63, 3.8) is 0 Å². The summed E-state index contributed by atoms with van der Waals surface area (Å²) >= 11 is 5.56. The number of halogens is 2. The van der Waals surface area contributed by atoms with E-state index in [0.717, 1.165) is 6.07 Å². The molecule has 0 fully saturated rings. The lowest BCUT2D eigenvalue weighted by molar-refractivity contribution is -0.137. The molecule has 0 spiro atoms.